The second-order valence-electron chi connectivity index (χ2n) is 6.54. The predicted molar refractivity (Wildman–Crippen MR) is 88.0 cm³/mol. The fraction of sp³-hybridized carbons (Fsp3) is 0.444. The van der Waals surface area contributed by atoms with E-state index in [2.05, 4.69) is 4.98 Å². The number of nitrogens with zero attached hydrogens (tertiary/aromatic N) is 3. The van der Waals surface area contributed by atoms with Gasteiger partial charge in [-0.1, -0.05) is 12.1 Å². The van der Waals surface area contributed by atoms with Crippen molar-refractivity contribution in [3.8, 4) is 0 Å². The van der Waals surface area contributed by atoms with Gasteiger partial charge in [0.05, 0.1) is 17.5 Å². The average Bonchev–Trinajstić information content (AvgIpc) is 3.13. The first-order chi connectivity index (χ1) is 12.3. The van der Waals surface area contributed by atoms with Gasteiger partial charge in [-0.15, -0.1) is 0 Å². The maximum Gasteiger partial charge on any atom is 0.416 e. The van der Waals surface area contributed by atoms with Crippen molar-refractivity contribution in [3.05, 3.63) is 54.1 Å². The van der Waals surface area contributed by atoms with Gasteiger partial charge in [0.15, 0.2) is 0 Å². The number of aromatic nitrogens is 2. The molecular formula is C18H20F3N3O2. The normalized spacial score (nSPS) is 17.3. The van der Waals surface area contributed by atoms with Crippen molar-refractivity contribution in [2.75, 3.05) is 13.1 Å². The standard InChI is InChI=1S/C18H20F3N3O2/c19-18(20,21)15-3-1-2-14(12-15)17(26)5-9-24(10-6-17)16(25)4-8-23-11-7-22-13-23/h1-3,7,11-13,26H,4-6,8-10H2. The molecule has 0 aliphatic carbocycles. The molecule has 1 aromatic heterocycles. The van der Waals surface area contributed by atoms with Crippen molar-refractivity contribution in [3.63, 3.8) is 0 Å². The molecule has 2 aromatic rings. The highest BCUT2D eigenvalue weighted by Crippen LogP contribution is 2.36. The highest BCUT2D eigenvalue weighted by atomic mass is 19.4. The summed E-state index contributed by atoms with van der Waals surface area (Å²) in [5.41, 5.74) is -1.87. The lowest BCUT2D eigenvalue weighted by Crippen LogP contribution is -2.45. The molecule has 1 N–H and O–H groups in total. The Hall–Kier alpha value is -2.35. The van der Waals surface area contributed by atoms with Crippen LogP contribution in [0.4, 0.5) is 13.2 Å². The minimum absolute atomic E-state index is 0.0372. The summed E-state index contributed by atoms with van der Waals surface area (Å²) in [5, 5.41) is 10.8. The van der Waals surface area contributed by atoms with E-state index in [-0.39, 0.29) is 24.3 Å². The summed E-state index contributed by atoms with van der Waals surface area (Å²) in [6.45, 7) is 1.15. The Bertz CT molecular complexity index is 751. The monoisotopic (exact) mass is 367 g/mol. The number of likely N-dealkylation sites (tertiary alicyclic amines) is 1. The van der Waals surface area contributed by atoms with E-state index in [0.717, 1.165) is 12.1 Å². The number of hydrogen-bond acceptors (Lipinski definition) is 3. The van der Waals surface area contributed by atoms with Crippen LogP contribution < -0.4 is 0 Å². The lowest BCUT2D eigenvalue weighted by atomic mass is 9.83. The SMILES string of the molecule is O=C(CCn1ccnc1)N1CCC(O)(c2cccc(C(F)(F)F)c2)CC1. The molecule has 3 rings (SSSR count). The summed E-state index contributed by atoms with van der Waals surface area (Å²) in [5.74, 6) is -0.0372. The Morgan fingerprint density at radius 1 is 1.27 bits per heavy atom. The van der Waals surface area contributed by atoms with E-state index >= 15 is 0 Å². The van der Waals surface area contributed by atoms with E-state index in [1.165, 1.54) is 12.1 Å². The highest BCUT2D eigenvalue weighted by Gasteiger charge is 2.37. The zero-order valence-electron chi connectivity index (χ0n) is 14.1. The number of benzene rings is 1. The molecule has 1 aromatic carbocycles. The molecule has 0 atom stereocenters. The van der Waals surface area contributed by atoms with Gasteiger partial charge in [0.1, 0.15) is 0 Å². The zero-order valence-corrected chi connectivity index (χ0v) is 14.1. The number of halogens is 3. The van der Waals surface area contributed by atoms with Crippen LogP contribution in [0.25, 0.3) is 0 Å². The van der Waals surface area contributed by atoms with Crippen molar-refractivity contribution in [1.82, 2.24) is 14.5 Å². The van der Waals surface area contributed by atoms with Crippen LogP contribution in [0.1, 0.15) is 30.4 Å². The van der Waals surface area contributed by atoms with Crippen molar-refractivity contribution < 1.29 is 23.1 Å². The molecular weight excluding hydrogens is 347 g/mol. The van der Waals surface area contributed by atoms with Gasteiger partial charge in [-0.05, 0) is 30.5 Å². The van der Waals surface area contributed by atoms with E-state index in [4.69, 9.17) is 0 Å². The third-order valence-electron chi connectivity index (χ3n) is 4.81. The molecule has 2 heterocycles. The number of imidazole rings is 1. The van der Waals surface area contributed by atoms with Gasteiger partial charge >= 0.3 is 6.18 Å². The lowest BCUT2D eigenvalue weighted by molar-refractivity contribution is -0.137. The Labute approximate surface area is 149 Å². The number of aliphatic hydroxyl groups is 1. The van der Waals surface area contributed by atoms with Gasteiger partial charge in [-0.2, -0.15) is 13.2 Å². The van der Waals surface area contributed by atoms with Gasteiger partial charge in [0.25, 0.3) is 0 Å². The molecule has 8 heteroatoms. The first kappa shape index (κ1) is 18.4. The summed E-state index contributed by atoms with van der Waals surface area (Å²) >= 11 is 0. The Kier molecular flexibility index (Phi) is 5.04. The second-order valence-corrected chi connectivity index (χ2v) is 6.54. The largest absolute Gasteiger partial charge is 0.416 e. The molecule has 0 radical (unpaired) electrons. The fourth-order valence-electron chi connectivity index (χ4n) is 3.20. The van der Waals surface area contributed by atoms with Crippen LogP contribution in [0.5, 0.6) is 0 Å². The molecule has 0 spiro atoms. The Morgan fingerprint density at radius 3 is 2.62 bits per heavy atom. The maximum absolute atomic E-state index is 12.9. The maximum atomic E-state index is 12.9. The molecule has 0 saturated carbocycles. The van der Waals surface area contributed by atoms with Gasteiger partial charge in [0, 0.05) is 38.4 Å². The van der Waals surface area contributed by atoms with Crippen LogP contribution in [-0.2, 0) is 23.1 Å². The minimum Gasteiger partial charge on any atom is -0.385 e. The molecule has 140 valence electrons. The van der Waals surface area contributed by atoms with E-state index in [1.54, 1.807) is 28.2 Å². The number of hydrogen-bond donors (Lipinski definition) is 1. The molecule has 26 heavy (non-hydrogen) atoms. The van der Waals surface area contributed by atoms with E-state index in [0.29, 0.717) is 26.1 Å². The summed E-state index contributed by atoms with van der Waals surface area (Å²) in [6.07, 6.45) is 1.34. The van der Waals surface area contributed by atoms with Crippen molar-refractivity contribution in [1.29, 1.82) is 0 Å². The second kappa shape index (κ2) is 7.11. The first-order valence-corrected chi connectivity index (χ1v) is 8.42. The van der Waals surface area contributed by atoms with Crippen LogP contribution in [0, 0.1) is 0 Å². The predicted octanol–water partition coefficient (Wildman–Crippen LogP) is 2.80. The minimum atomic E-state index is -4.45. The summed E-state index contributed by atoms with van der Waals surface area (Å²) < 4.78 is 40.5. The lowest BCUT2D eigenvalue weighted by Gasteiger charge is -2.38. The van der Waals surface area contributed by atoms with Crippen LogP contribution >= 0.6 is 0 Å². The average molecular weight is 367 g/mol. The van der Waals surface area contributed by atoms with E-state index in [9.17, 15) is 23.1 Å². The number of carbonyl (C=O) groups excluding carboxylic acids is 1. The third-order valence-corrected chi connectivity index (χ3v) is 4.81. The summed E-state index contributed by atoms with van der Waals surface area (Å²) in [6, 6.07) is 4.79. The van der Waals surface area contributed by atoms with Gasteiger partial charge in [-0.3, -0.25) is 4.79 Å². The van der Waals surface area contributed by atoms with Crippen molar-refractivity contribution in [2.45, 2.75) is 37.6 Å². The third kappa shape index (κ3) is 4.07. The molecule has 1 saturated heterocycles. The number of rotatable bonds is 4. The number of piperidine rings is 1. The molecule has 0 unspecified atom stereocenters. The Balaban J connectivity index is 1.61. The van der Waals surface area contributed by atoms with Crippen LogP contribution in [0.3, 0.4) is 0 Å². The zero-order chi connectivity index (χ0) is 18.8. The topological polar surface area (TPSA) is 58.4 Å². The van der Waals surface area contributed by atoms with Crippen molar-refractivity contribution >= 4 is 5.91 Å². The van der Waals surface area contributed by atoms with Gasteiger partial charge < -0.3 is 14.6 Å². The summed E-state index contributed by atoms with van der Waals surface area (Å²) in [7, 11) is 0. The van der Waals surface area contributed by atoms with Crippen LogP contribution in [0.2, 0.25) is 0 Å². The summed E-state index contributed by atoms with van der Waals surface area (Å²) in [4.78, 5) is 17.9. The van der Waals surface area contributed by atoms with Gasteiger partial charge in [0.2, 0.25) is 5.91 Å². The molecule has 5 nitrogen and oxygen atoms in total. The smallest absolute Gasteiger partial charge is 0.385 e. The van der Waals surface area contributed by atoms with Crippen LogP contribution in [0.15, 0.2) is 43.0 Å². The Morgan fingerprint density at radius 2 is 2.00 bits per heavy atom. The van der Waals surface area contributed by atoms with Crippen molar-refractivity contribution in [2.24, 2.45) is 0 Å². The highest BCUT2D eigenvalue weighted by molar-refractivity contribution is 5.76. The van der Waals surface area contributed by atoms with E-state index < -0.39 is 17.3 Å². The molecule has 1 fully saturated rings. The van der Waals surface area contributed by atoms with E-state index in [1.807, 2.05) is 0 Å². The number of alkyl halides is 3. The molecule has 1 amide bonds. The van der Waals surface area contributed by atoms with Crippen LogP contribution in [-0.4, -0.2) is 38.6 Å². The number of carbonyl (C=O) groups is 1. The molecule has 0 bridgehead atoms. The molecule has 1 aliphatic heterocycles. The number of aryl methyl sites for hydroxylation is 1. The molecule has 1 aliphatic rings. The number of amides is 1. The quantitative estimate of drug-likeness (QED) is 0.904. The fourth-order valence-corrected chi connectivity index (χ4v) is 3.20. The van der Waals surface area contributed by atoms with Gasteiger partial charge in [-0.25, -0.2) is 4.98 Å². The first-order valence-electron chi connectivity index (χ1n) is 8.42.